The lowest BCUT2D eigenvalue weighted by Crippen LogP contribution is -2.23. The van der Waals surface area contributed by atoms with Gasteiger partial charge in [0.05, 0.1) is 19.2 Å². The molecule has 1 amide bonds. The van der Waals surface area contributed by atoms with Crippen molar-refractivity contribution in [2.75, 3.05) is 7.11 Å². The number of halogens is 1. The van der Waals surface area contributed by atoms with Crippen molar-refractivity contribution in [1.82, 2.24) is 5.32 Å². The maximum atomic E-state index is 12.2. The number of aryl methyl sites for hydroxylation is 1. The van der Waals surface area contributed by atoms with Crippen molar-refractivity contribution in [3.8, 4) is 5.75 Å². The summed E-state index contributed by atoms with van der Waals surface area (Å²) in [5.74, 6) is 0.473. The average Bonchev–Trinajstić information content (AvgIpc) is 2.81. The topological polar surface area (TPSA) is 38.3 Å². The van der Waals surface area contributed by atoms with Crippen LogP contribution in [-0.4, -0.2) is 13.0 Å². The second-order valence-corrected chi connectivity index (χ2v) is 6.03. The molecule has 0 saturated heterocycles. The van der Waals surface area contributed by atoms with Gasteiger partial charge in [-0.1, -0.05) is 11.6 Å². The largest absolute Gasteiger partial charge is 0.496 e. The number of hydrogen-bond acceptors (Lipinski definition) is 3. The molecule has 1 aromatic carbocycles. The first kappa shape index (κ1) is 14.1. The molecule has 2 rings (SSSR count). The van der Waals surface area contributed by atoms with Gasteiger partial charge in [0.25, 0.3) is 5.91 Å². The van der Waals surface area contributed by atoms with Crippen molar-refractivity contribution >= 4 is 33.2 Å². The maximum Gasteiger partial charge on any atom is 0.255 e. The molecule has 1 heterocycles. The van der Waals surface area contributed by atoms with Crippen molar-refractivity contribution in [2.24, 2.45) is 0 Å². The SMILES string of the molecule is COc1ccc(C)cc1C(=O)NCc1cc(Br)cs1. The molecule has 0 spiro atoms. The molecule has 0 aliphatic heterocycles. The number of hydrogen-bond donors (Lipinski definition) is 1. The minimum absolute atomic E-state index is 0.120. The molecular weight excluding hydrogens is 326 g/mol. The predicted octanol–water partition coefficient (Wildman–Crippen LogP) is 3.76. The van der Waals surface area contributed by atoms with Crippen LogP contribution < -0.4 is 10.1 Å². The quantitative estimate of drug-likeness (QED) is 0.920. The van der Waals surface area contributed by atoms with Gasteiger partial charge in [0.2, 0.25) is 0 Å². The van der Waals surface area contributed by atoms with E-state index >= 15 is 0 Å². The Kier molecular flexibility index (Phi) is 4.61. The Bertz CT molecular complexity index is 595. The number of thiophene rings is 1. The van der Waals surface area contributed by atoms with Crippen LogP contribution in [0, 0.1) is 6.92 Å². The zero-order valence-electron chi connectivity index (χ0n) is 10.7. The summed E-state index contributed by atoms with van der Waals surface area (Å²) in [4.78, 5) is 13.3. The van der Waals surface area contributed by atoms with E-state index in [9.17, 15) is 4.79 Å². The Morgan fingerprint density at radius 3 is 2.84 bits per heavy atom. The molecule has 0 aliphatic carbocycles. The van der Waals surface area contributed by atoms with Gasteiger partial charge in [0, 0.05) is 14.7 Å². The Morgan fingerprint density at radius 1 is 1.42 bits per heavy atom. The third-order valence-corrected chi connectivity index (χ3v) is 4.34. The first-order valence-corrected chi connectivity index (χ1v) is 7.43. The number of benzene rings is 1. The molecule has 0 unspecified atom stereocenters. The van der Waals surface area contributed by atoms with Crippen LogP contribution in [0.2, 0.25) is 0 Å². The van der Waals surface area contributed by atoms with Crippen molar-refractivity contribution in [1.29, 1.82) is 0 Å². The highest BCUT2D eigenvalue weighted by atomic mass is 79.9. The summed E-state index contributed by atoms with van der Waals surface area (Å²) in [6.45, 7) is 2.47. The monoisotopic (exact) mass is 339 g/mol. The van der Waals surface area contributed by atoms with Crippen LogP contribution in [0.3, 0.4) is 0 Å². The molecule has 3 nitrogen and oxygen atoms in total. The molecule has 0 atom stereocenters. The van der Waals surface area contributed by atoms with E-state index in [2.05, 4.69) is 21.2 Å². The normalized spacial score (nSPS) is 10.3. The summed E-state index contributed by atoms with van der Waals surface area (Å²) < 4.78 is 6.25. The molecule has 0 fully saturated rings. The van der Waals surface area contributed by atoms with Crippen LogP contribution in [0.25, 0.3) is 0 Å². The summed E-state index contributed by atoms with van der Waals surface area (Å²) >= 11 is 5.00. The van der Waals surface area contributed by atoms with Gasteiger partial charge in [-0.25, -0.2) is 0 Å². The minimum Gasteiger partial charge on any atom is -0.496 e. The van der Waals surface area contributed by atoms with E-state index in [1.807, 2.05) is 36.6 Å². The number of rotatable bonds is 4. The Labute approximate surface area is 124 Å². The molecule has 0 radical (unpaired) electrons. The smallest absolute Gasteiger partial charge is 0.255 e. The Balaban J connectivity index is 2.09. The lowest BCUT2D eigenvalue weighted by molar-refractivity contribution is 0.0948. The van der Waals surface area contributed by atoms with Gasteiger partial charge in [-0.2, -0.15) is 0 Å². The summed E-state index contributed by atoms with van der Waals surface area (Å²) in [5, 5.41) is 4.90. The van der Waals surface area contributed by atoms with Gasteiger partial charge < -0.3 is 10.1 Å². The van der Waals surface area contributed by atoms with Crippen molar-refractivity contribution in [3.05, 3.63) is 50.1 Å². The predicted molar refractivity (Wildman–Crippen MR) is 80.9 cm³/mol. The molecular formula is C14H14BrNO2S. The molecule has 1 N–H and O–H groups in total. The van der Waals surface area contributed by atoms with Crippen LogP contribution in [-0.2, 0) is 6.54 Å². The Morgan fingerprint density at radius 2 is 2.21 bits per heavy atom. The Hall–Kier alpha value is -1.33. The molecule has 2 aromatic rings. The molecule has 0 bridgehead atoms. The van der Waals surface area contributed by atoms with Crippen molar-refractivity contribution in [3.63, 3.8) is 0 Å². The third-order valence-electron chi connectivity index (χ3n) is 2.64. The van der Waals surface area contributed by atoms with Crippen LogP contribution >= 0.6 is 27.3 Å². The molecule has 19 heavy (non-hydrogen) atoms. The molecule has 0 aliphatic rings. The number of amides is 1. The minimum atomic E-state index is -0.120. The highest BCUT2D eigenvalue weighted by Gasteiger charge is 2.12. The highest BCUT2D eigenvalue weighted by molar-refractivity contribution is 9.10. The first-order valence-electron chi connectivity index (χ1n) is 5.76. The summed E-state index contributed by atoms with van der Waals surface area (Å²) in [6.07, 6.45) is 0. The van der Waals surface area contributed by atoms with Crippen LogP contribution in [0.15, 0.2) is 34.1 Å². The molecule has 100 valence electrons. The van der Waals surface area contributed by atoms with E-state index in [0.29, 0.717) is 17.9 Å². The lowest BCUT2D eigenvalue weighted by atomic mass is 10.1. The molecule has 5 heteroatoms. The van der Waals surface area contributed by atoms with Crippen LogP contribution in [0.5, 0.6) is 5.75 Å². The fraction of sp³-hybridized carbons (Fsp3) is 0.214. The number of nitrogens with one attached hydrogen (secondary N) is 1. The van der Waals surface area contributed by atoms with Gasteiger partial charge in [-0.05, 0) is 41.1 Å². The van der Waals surface area contributed by atoms with Gasteiger partial charge in [-0.3, -0.25) is 4.79 Å². The van der Waals surface area contributed by atoms with E-state index in [4.69, 9.17) is 4.74 Å². The average molecular weight is 340 g/mol. The number of carbonyl (C=O) groups is 1. The summed E-state index contributed by atoms with van der Waals surface area (Å²) in [7, 11) is 1.57. The standard InChI is InChI=1S/C14H14BrNO2S/c1-9-3-4-13(18-2)12(5-9)14(17)16-7-11-6-10(15)8-19-11/h3-6,8H,7H2,1-2H3,(H,16,17). The van der Waals surface area contributed by atoms with Gasteiger partial charge in [-0.15, -0.1) is 11.3 Å². The number of methoxy groups -OCH3 is 1. The molecule has 0 saturated carbocycles. The van der Waals surface area contributed by atoms with Crippen LogP contribution in [0.1, 0.15) is 20.8 Å². The first-order chi connectivity index (χ1) is 9.10. The third kappa shape index (κ3) is 3.58. The maximum absolute atomic E-state index is 12.2. The highest BCUT2D eigenvalue weighted by Crippen LogP contribution is 2.21. The molecule has 1 aromatic heterocycles. The van der Waals surface area contributed by atoms with E-state index in [0.717, 1.165) is 14.9 Å². The fourth-order valence-corrected chi connectivity index (χ4v) is 3.10. The van der Waals surface area contributed by atoms with Gasteiger partial charge in [0.15, 0.2) is 0 Å². The summed E-state index contributed by atoms with van der Waals surface area (Å²) in [5.41, 5.74) is 1.60. The van der Waals surface area contributed by atoms with E-state index in [1.165, 1.54) is 0 Å². The fourth-order valence-electron chi connectivity index (χ4n) is 1.71. The lowest BCUT2D eigenvalue weighted by Gasteiger charge is -2.09. The van der Waals surface area contributed by atoms with E-state index in [-0.39, 0.29) is 5.91 Å². The van der Waals surface area contributed by atoms with E-state index < -0.39 is 0 Å². The number of carbonyl (C=O) groups excluding carboxylic acids is 1. The van der Waals surface area contributed by atoms with Crippen molar-refractivity contribution in [2.45, 2.75) is 13.5 Å². The van der Waals surface area contributed by atoms with Gasteiger partial charge in [0.1, 0.15) is 5.75 Å². The second kappa shape index (κ2) is 6.21. The summed E-state index contributed by atoms with van der Waals surface area (Å²) in [6, 6.07) is 7.56. The van der Waals surface area contributed by atoms with Crippen molar-refractivity contribution < 1.29 is 9.53 Å². The zero-order chi connectivity index (χ0) is 13.8. The van der Waals surface area contributed by atoms with Gasteiger partial charge >= 0.3 is 0 Å². The van der Waals surface area contributed by atoms with Crippen LogP contribution in [0.4, 0.5) is 0 Å². The second-order valence-electron chi connectivity index (χ2n) is 4.12. The number of ether oxygens (including phenoxy) is 1. The zero-order valence-corrected chi connectivity index (χ0v) is 13.1. The van der Waals surface area contributed by atoms with E-state index in [1.54, 1.807) is 18.4 Å².